The molecule has 1 N–H and O–H groups in total. The highest BCUT2D eigenvalue weighted by Gasteiger charge is 2.16. The van der Waals surface area contributed by atoms with Gasteiger partial charge in [0.25, 0.3) is 5.91 Å². The maximum absolute atomic E-state index is 12.4. The van der Waals surface area contributed by atoms with Crippen LogP contribution in [-0.4, -0.2) is 40.5 Å². The molecule has 126 valence electrons. The van der Waals surface area contributed by atoms with Crippen LogP contribution < -0.4 is 0 Å². The fraction of sp³-hybridized carbons (Fsp3) is 0.316. The van der Waals surface area contributed by atoms with E-state index in [2.05, 4.69) is 17.1 Å². The number of carbonyl (C=O) groups is 2. The van der Waals surface area contributed by atoms with Crippen LogP contribution in [0, 0.1) is 6.92 Å². The van der Waals surface area contributed by atoms with Crippen LogP contribution in [0.3, 0.4) is 0 Å². The molecule has 0 aliphatic carbocycles. The van der Waals surface area contributed by atoms with Crippen LogP contribution in [0.1, 0.15) is 44.9 Å². The lowest BCUT2D eigenvalue weighted by Gasteiger charge is -2.17. The third-order valence-corrected chi connectivity index (χ3v) is 3.93. The third-order valence-electron chi connectivity index (χ3n) is 3.93. The van der Waals surface area contributed by atoms with Gasteiger partial charge in [0.2, 0.25) is 0 Å². The number of carbonyl (C=O) groups excluding carboxylic acids is 1. The molecule has 0 saturated carbocycles. The smallest absolute Gasteiger partial charge is 0.337 e. The van der Waals surface area contributed by atoms with Crippen LogP contribution in [0.2, 0.25) is 0 Å². The third kappa shape index (κ3) is 4.65. The van der Waals surface area contributed by atoms with Gasteiger partial charge in [0.15, 0.2) is 0 Å². The lowest BCUT2D eigenvalue weighted by Crippen LogP contribution is -2.29. The SMILES string of the molecule is Cc1nc(C(=O)N(C)CCCCc2ccccc2)ccc1C(=O)O. The fourth-order valence-electron chi connectivity index (χ4n) is 2.53. The first kappa shape index (κ1) is 17.7. The van der Waals surface area contributed by atoms with E-state index in [1.54, 1.807) is 18.9 Å². The van der Waals surface area contributed by atoms with Crippen molar-refractivity contribution in [1.29, 1.82) is 0 Å². The van der Waals surface area contributed by atoms with Crippen LogP contribution in [0.5, 0.6) is 0 Å². The van der Waals surface area contributed by atoms with Crippen LogP contribution in [-0.2, 0) is 6.42 Å². The summed E-state index contributed by atoms with van der Waals surface area (Å²) in [6.07, 6.45) is 2.91. The standard InChI is InChI=1S/C19H22N2O3/c1-14-16(19(23)24)11-12-17(20-14)18(22)21(2)13-7-6-10-15-8-4-3-5-9-15/h3-5,8-9,11-12H,6-7,10,13H2,1-2H3,(H,23,24). The van der Waals surface area contributed by atoms with Crippen LogP contribution in [0.25, 0.3) is 0 Å². The molecule has 2 rings (SSSR count). The fourth-order valence-corrected chi connectivity index (χ4v) is 2.53. The van der Waals surface area contributed by atoms with Gasteiger partial charge in [-0.15, -0.1) is 0 Å². The Hall–Kier alpha value is -2.69. The van der Waals surface area contributed by atoms with Gasteiger partial charge in [-0.2, -0.15) is 0 Å². The molecule has 0 aliphatic heterocycles. The van der Waals surface area contributed by atoms with Gasteiger partial charge < -0.3 is 10.0 Å². The molecule has 1 aromatic heterocycles. The minimum absolute atomic E-state index is 0.122. The number of aryl methyl sites for hydroxylation is 2. The molecule has 0 radical (unpaired) electrons. The molecule has 1 amide bonds. The average Bonchev–Trinajstić information content (AvgIpc) is 2.58. The van der Waals surface area contributed by atoms with Crippen molar-refractivity contribution in [2.75, 3.05) is 13.6 Å². The molecule has 5 nitrogen and oxygen atoms in total. The van der Waals surface area contributed by atoms with Crippen molar-refractivity contribution in [2.24, 2.45) is 0 Å². The molecule has 1 aromatic carbocycles. The number of hydrogen-bond acceptors (Lipinski definition) is 3. The van der Waals surface area contributed by atoms with E-state index in [-0.39, 0.29) is 17.2 Å². The Morgan fingerprint density at radius 2 is 1.79 bits per heavy atom. The zero-order valence-electron chi connectivity index (χ0n) is 14.0. The Morgan fingerprint density at radius 3 is 2.42 bits per heavy atom. The second-order valence-electron chi connectivity index (χ2n) is 5.80. The second kappa shape index (κ2) is 8.24. The first-order valence-electron chi connectivity index (χ1n) is 7.99. The number of rotatable bonds is 7. The van der Waals surface area contributed by atoms with E-state index in [1.165, 1.54) is 17.7 Å². The Bertz CT molecular complexity index is 714. The molecule has 0 spiro atoms. The van der Waals surface area contributed by atoms with E-state index in [1.807, 2.05) is 18.2 Å². The van der Waals surface area contributed by atoms with Crippen molar-refractivity contribution in [3.05, 3.63) is 65.0 Å². The van der Waals surface area contributed by atoms with Gasteiger partial charge in [-0.25, -0.2) is 9.78 Å². The highest BCUT2D eigenvalue weighted by molar-refractivity contribution is 5.94. The normalized spacial score (nSPS) is 10.4. The summed E-state index contributed by atoms with van der Waals surface area (Å²) in [5.41, 5.74) is 2.05. The molecule has 0 unspecified atom stereocenters. The van der Waals surface area contributed by atoms with Crippen molar-refractivity contribution in [2.45, 2.75) is 26.2 Å². The lowest BCUT2D eigenvalue weighted by atomic mass is 10.1. The first-order valence-corrected chi connectivity index (χ1v) is 7.99. The van der Waals surface area contributed by atoms with E-state index in [9.17, 15) is 9.59 Å². The monoisotopic (exact) mass is 326 g/mol. The summed E-state index contributed by atoms with van der Waals surface area (Å²) in [4.78, 5) is 29.1. The number of amides is 1. The van der Waals surface area contributed by atoms with Gasteiger partial charge in [0.05, 0.1) is 11.3 Å². The number of carboxylic acid groups (broad SMARTS) is 1. The summed E-state index contributed by atoms with van der Waals surface area (Å²) in [6.45, 7) is 2.24. The van der Waals surface area contributed by atoms with Crippen molar-refractivity contribution in [3.63, 3.8) is 0 Å². The maximum Gasteiger partial charge on any atom is 0.337 e. The largest absolute Gasteiger partial charge is 0.478 e. The molecule has 0 fully saturated rings. The molecule has 5 heteroatoms. The summed E-state index contributed by atoms with van der Waals surface area (Å²) < 4.78 is 0. The number of aromatic carboxylic acids is 1. The number of unbranched alkanes of at least 4 members (excludes halogenated alkanes) is 1. The van der Waals surface area contributed by atoms with Gasteiger partial charge in [0.1, 0.15) is 5.69 Å². The zero-order valence-corrected chi connectivity index (χ0v) is 14.0. The minimum Gasteiger partial charge on any atom is -0.478 e. The Balaban J connectivity index is 1.85. The summed E-state index contributed by atoms with van der Waals surface area (Å²) in [5, 5.41) is 9.01. The van der Waals surface area contributed by atoms with Gasteiger partial charge in [-0.05, 0) is 43.9 Å². The summed E-state index contributed by atoms with van der Waals surface area (Å²) in [6, 6.07) is 13.2. The number of benzene rings is 1. The van der Waals surface area contributed by atoms with Crippen LogP contribution in [0.4, 0.5) is 0 Å². The van der Waals surface area contributed by atoms with Crippen LogP contribution >= 0.6 is 0 Å². The lowest BCUT2D eigenvalue weighted by molar-refractivity contribution is 0.0693. The predicted molar refractivity (Wildman–Crippen MR) is 92.3 cm³/mol. The van der Waals surface area contributed by atoms with Gasteiger partial charge >= 0.3 is 5.97 Å². The minimum atomic E-state index is -1.03. The Labute approximate surface area is 142 Å². The molecule has 0 bridgehead atoms. The number of hydrogen-bond donors (Lipinski definition) is 1. The predicted octanol–water partition coefficient (Wildman–Crippen LogP) is 3.18. The molecule has 2 aromatic rings. The van der Waals surface area contributed by atoms with Gasteiger partial charge in [0, 0.05) is 13.6 Å². The molecule has 0 atom stereocenters. The quantitative estimate of drug-likeness (QED) is 0.793. The Kier molecular flexibility index (Phi) is 6.07. The summed E-state index contributed by atoms with van der Waals surface area (Å²) in [7, 11) is 1.74. The van der Waals surface area contributed by atoms with Crippen molar-refractivity contribution >= 4 is 11.9 Å². The van der Waals surface area contributed by atoms with E-state index in [0.29, 0.717) is 12.2 Å². The first-order chi connectivity index (χ1) is 11.5. The van der Waals surface area contributed by atoms with Crippen LogP contribution in [0.15, 0.2) is 42.5 Å². The Morgan fingerprint density at radius 1 is 1.08 bits per heavy atom. The van der Waals surface area contributed by atoms with E-state index in [4.69, 9.17) is 5.11 Å². The van der Waals surface area contributed by atoms with E-state index >= 15 is 0 Å². The molecular weight excluding hydrogens is 304 g/mol. The summed E-state index contributed by atoms with van der Waals surface area (Å²) in [5.74, 6) is -1.22. The van der Waals surface area contributed by atoms with Crippen molar-refractivity contribution in [3.8, 4) is 0 Å². The topological polar surface area (TPSA) is 70.5 Å². The van der Waals surface area contributed by atoms with Gasteiger partial charge in [-0.3, -0.25) is 4.79 Å². The molecule has 0 aliphatic rings. The molecular formula is C19H22N2O3. The number of pyridine rings is 1. The van der Waals surface area contributed by atoms with Crippen molar-refractivity contribution in [1.82, 2.24) is 9.88 Å². The van der Waals surface area contributed by atoms with E-state index in [0.717, 1.165) is 19.3 Å². The second-order valence-corrected chi connectivity index (χ2v) is 5.80. The number of aromatic nitrogens is 1. The molecule has 0 saturated heterocycles. The van der Waals surface area contributed by atoms with E-state index < -0.39 is 5.97 Å². The molecule has 24 heavy (non-hydrogen) atoms. The summed E-state index contributed by atoms with van der Waals surface area (Å²) >= 11 is 0. The zero-order chi connectivity index (χ0) is 17.5. The maximum atomic E-state index is 12.4. The number of carboxylic acids is 1. The molecule has 1 heterocycles. The average molecular weight is 326 g/mol. The number of nitrogens with zero attached hydrogens (tertiary/aromatic N) is 2. The highest BCUT2D eigenvalue weighted by Crippen LogP contribution is 2.10. The van der Waals surface area contributed by atoms with Gasteiger partial charge in [-0.1, -0.05) is 30.3 Å². The van der Waals surface area contributed by atoms with Crippen molar-refractivity contribution < 1.29 is 14.7 Å². The highest BCUT2D eigenvalue weighted by atomic mass is 16.4.